The predicted octanol–water partition coefficient (Wildman–Crippen LogP) is 6.33. The number of allylic oxidation sites excluding steroid dienone is 4. The number of methoxy groups -OCH3 is 2. The number of pyridine rings is 2. The van der Waals surface area contributed by atoms with Crippen LogP contribution in [0.25, 0.3) is 21.8 Å². The second kappa shape index (κ2) is 41.7. The topological polar surface area (TPSA) is 438 Å². The molecule has 7 N–H and O–H groups in total. The quantitative estimate of drug-likeness (QED) is 0.0265. The number of hydrogen-bond acceptors (Lipinski definition) is 24. The zero-order valence-electron chi connectivity index (χ0n) is 73.7. The van der Waals surface area contributed by atoms with Crippen LogP contribution in [0.2, 0.25) is 0 Å². The molecule has 688 valence electrons. The Hall–Kier alpha value is -8.89. The summed E-state index contributed by atoms with van der Waals surface area (Å²) in [7, 11) is -4.75. The summed E-state index contributed by atoms with van der Waals surface area (Å²) in [6.45, 7) is 13.1. The molecular weight excluding hydrogens is 1740 g/mol. The second-order valence-corrected chi connectivity index (χ2v) is 38.7. The van der Waals surface area contributed by atoms with Crippen LogP contribution in [-0.4, -0.2) is 255 Å². The molecule has 33 nitrogen and oxygen atoms in total. The van der Waals surface area contributed by atoms with E-state index in [9.17, 15) is 72.8 Å². The molecule has 126 heavy (non-hydrogen) atoms. The van der Waals surface area contributed by atoms with Gasteiger partial charge in [0.25, 0.3) is 24.7 Å². The molecule has 4 saturated carbocycles. The van der Waals surface area contributed by atoms with Crippen molar-refractivity contribution >= 4 is 127 Å². The third-order valence-electron chi connectivity index (χ3n) is 24.2. The molecule has 0 spiro atoms. The van der Waals surface area contributed by atoms with E-state index >= 15 is 0 Å². The molecule has 8 aliphatic rings. The number of nitrogens with one attached hydrogen (secondary N) is 3. The maximum absolute atomic E-state index is 14.8. The van der Waals surface area contributed by atoms with E-state index < -0.39 is 144 Å². The molecule has 8 heterocycles. The van der Waals surface area contributed by atoms with E-state index in [-0.39, 0.29) is 159 Å². The normalized spacial score (nSPS) is 25.0. The number of ether oxygens (including phenoxy) is 6. The molecule has 6 aromatic rings. The number of fused-ring (bicyclic) bond motifs is 6. The van der Waals surface area contributed by atoms with E-state index in [2.05, 4.69) is 40.9 Å². The number of hydrogen-bond donors (Lipinski definition) is 5. The summed E-state index contributed by atoms with van der Waals surface area (Å²) in [4.78, 5) is 123. The van der Waals surface area contributed by atoms with Gasteiger partial charge in [-0.05, 0) is 169 Å². The Labute approximate surface area is 768 Å². The minimum absolute atomic E-state index is 0. The van der Waals surface area contributed by atoms with Crippen LogP contribution in [0.4, 0.5) is 17.6 Å². The summed E-state index contributed by atoms with van der Waals surface area (Å²) in [6, 6.07) is 7.03. The van der Waals surface area contributed by atoms with Gasteiger partial charge in [-0.3, -0.25) is 43.0 Å². The molecule has 4 aliphatic carbocycles. The number of carbonyl (C=O) groups is 8. The van der Waals surface area contributed by atoms with E-state index in [1.54, 1.807) is 57.2 Å². The Bertz CT molecular complexity index is 5320. The monoisotopic (exact) mass is 1850 g/mol. The van der Waals surface area contributed by atoms with E-state index in [1.165, 1.54) is 4.90 Å². The Balaban J connectivity index is 0.000000303. The standard InChI is InChI=1S/C42H53F2N7O9S.C37H50N4O8S.C5H5F2N3O2.CH4.Ca.ClH.2H/c1-24(2)59-36-18-34(28-13-14-33(58-5)25(3)37(28)47-36)60-27-17-31-32(52)20-42(40(55)49-61(56,57)41(4)15-16-41)19-26(42)11-9-7-6-8-10-12-29(39(54)50(31)22-27)46-38(53)30-21-45-51(48-30)23-35(43)44;1-22(2)48-32-18-31(26-13-14-30(47-5)23(3)33(26)39-32)49-25-17-28-29(42)20-37(35(44)40-50(45,46)36(4)15-16-36)19-24(37)11-9-7-6-8-10-12-27(38)34(43)41(28)21-25;6-4(7)2-10-8-1-3(9-10)5(11)12;;;;;/h9,11,13-14,18,21,24,26-27,29,31,35H,6-8,10,12,15-17,19-20,22-23H2,1-5H3,(H,46,53)(H,49,55);9,11,13-14,18,22,24-25,27-28H,6-8,10,12,15-17,19-21,38H2,1-5H3,(H,40,44);1,4H,2H2,(H,11,12);1H4;;1H;;/q;;;;+2;;2*-1/b2*11-9-;;;;;;/t26-,27-,29+,31+,42-;24-,25-,27+,28+,37-;;;;;;/m11....../s1. The molecule has 2 aromatic carbocycles. The van der Waals surface area contributed by atoms with Crippen LogP contribution in [0.15, 0.2) is 73.1 Å². The van der Waals surface area contributed by atoms with Gasteiger partial charge in [0, 0.05) is 66.1 Å². The first-order chi connectivity index (χ1) is 58.2. The number of carbonyl (C=O) groups excluding carboxylic acids is 7. The van der Waals surface area contributed by atoms with Crippen LogP contribution < -0.4 is 61.3 Å². The molecule has 4 aromatic heterocycles. The number of aromatic nitrogens is 8. The van der Waals surface area contributed by atoms with Crippen LogP contribution in [-0.2, 0) is 61.9 Å². The van der Waals surface area contributed by atoms with E-state index in [0.717, 1.165) is 61.0 Å². The van der Waals surface area contributed by atoms with Gasteiger partial charge in [0.15, 0.2) is 29.0 Å². The van der Waals surface area contributed by atoms with E-state index in [1.807, 2.05) is 78.0 Å². The molecule has 5 amide bonds. The number of nitrogens with zero attached hydrogens (tertiary/aromatic N) is 10. The number of ketones is 2. The van der Waals surface area contributed by atoms with Crippen molar-refractivity contribution in [2.45, 2.75) is 275 Å². The summed E-state index contributed by atoms with van der Waals surface area (Å²) < 4.78 is 141. The fourth-order valence-corrected chi connectivity index (χ4v) is 19.0. The minimum atomic E-state index is -4.01. The molecule has 6 fully saturated rings. The molecule has 0 unspecified atom stereocenters. The van der Waals surface area contributed by atoms with Gasteiger partial charge in [-0.15, -0.1) is 10.2 Å². The zero-order valence-corrected chi connectivity index (χ0v) is 76.3. The average Bonchev–Trinajstić information content (AvgIpc) is 1.57. The van der Waals surface area contributed by atoms with Crippen molar-refractivity contribution in [1.82, 2.24) is 64.5 Å². The number of alkyl halides is 4. The fraction of sp³-hybridized carbons (Fsp3) is 0.600. The van der Waals surface area contributed by atoms with Gasteiger partial charge in [-0.2, -0.15) is 19.8 Å². The predicted molar refractivity (Wildman–Crippen MR) is 452 cm³/mol. The molecule has 2 saturated heterocycles. The molecule has 0 bridgehead atoms. The molecule has 41 heteroatoms. The smallest absolute Gasteiger partial charge is 1.00 e. The van der Waals surface area contributed by atoms with Crippen molar-refractivity contribution in [3.63, 3.8) is 0 Å². The first kappa shape index (κ1) is 101. The van der Waals surface area contributed by atoms with Crippen molar-refractivity contribution in [3.8, 4) is 34.8 Å². The summed E-state index contributed by atoms with van der Waals surface area (Å²) in [5.41, 5.74) is 3.83. The van der Waals surface area contributed by atoms with Gasteiger partial charge < -0.3 is 69.6 Å². The molecule has 10 atom stereocenters. The van der Waals surface area contributed by atoms with Gasteiger partial charge in [0.2, 0.25) is 49.5 Å². The van der Waals surface area contributed by atoms with Crippen molar-refractivity contribution in [2.75, 3.05) is 27.3 Å². The van der Waals surface area contributed by atoms with Gasteiger partial charge in [0.05, 0.1) is 95.4 Å². The molecule has 4 aliphatic heterocycles. The van der Waals surface area contributed by atoms with Crippen LogP contribution >= 0.6 is 0 Å². The SMILES string of the molecule is C.COc1ccc2c(O[C@@H]3C[C@H]4C(=O)C[C@]5(C(=O)NS(=O)(=O)C6(C)CC6)C[C@H]5/C=C\CCCCC[C@H](NC(=O)c5cnn(CC(F)F)n5)C(=O)N4C3)cc(OC(C)C)nc2c1C.COc1ccc2c(O[C@@H]3C[C@H]4C(=O)C[C@]5(C(=O)NS(=O)(=O)C6(C)CC6)C[C@H]5/C=C\CCCCC[C@H]([NH3+])C(=O)N4C3)cc(OC(C)C)nc2c1C.O=C(O)c1cnn(CC(F)F)n1.[Ca+2].[Cl-].[H-].[H-]. The maximum atomic E-state index is 14.8. The van der Waals surface area contributed by atoms with Crippen LogP contribution in [0.3, 0.4) is 0 Å². The van der Waals surface area contributed by atoms with Crippen LogP contribution in [0, 0.1) is 36.5 Å². The van der Waals surface area contributed by atoms with Gasteiger partial charge in [-0.1, -0.05) is 51.0 Å². The zero-order chi connectivity index (χ0) is 89.0. The maximum Gasteiger partial charge on any atom is 2.00 e. The third-order valence-corrected chi connectivity index (χ3v) is 28.6. The Morgan fingerprint density at radius 1 is 0.611 bits per heavy atom. The number of aryl methyl sites for hydroxylation is 2. The number of carboxylic acid groups (broad SMARTS) is 1. The number of Topliss-reactive ketones (excluding diaryl/α,β-unsaturated/α-hetero) is 2. The number of halogens is 5. The summed E-state index contributed by atoms with van der Waals surface area (Å²) in [6.07, 6.45) is 11.8. The summed E-state index contributed by atoms with van der Waals surface area (Å²) in [5.74, 6) is -2.81. The van der Waals surface area contributed by atoms with E-state index in [4.69, 9.17) is 43.5 Å². The summed E-state index contributed by atoms with van der Waals surface area (Å²) in [5, 5.41) is 26.6. The fourth-order valence-electron chi connectivity index (χ4n) is 16.3. The van der Waals surface area contributed by atoms with E-state index in [0.29, 0.717) is 113 Å². The Kier molecular flexibility index (Phi) is 33.4. The third kappa shape index (κ3) is 23.4. The Morgan fingerprint density at radius 3 is 1.42 bits per heavy atom. The van der Waals surface area contributed by atoms with Crippen LogP contribution in [0.5, 0.6) is 34.8 Å². The first-order valence-corrected chi connectivity index (χ1v) is 44.7. The van der Waals surface area contributed by atoms with Gasteiger partial charge >= 0.3 is 43.7 Å². The minimum Gasteiger partial charge on any atom is -1.00 e. The van der Waals surface area contributed by atoms with Crippen molar-refractivity contribution in [2.24, 2.45) is 22.7 Å². The number of rotatable bonds is 23. The Morgan fingerprint density at radius 2 is 1.02 bits per heavy atom. The largest absolute Gasteiger partial charge is 2.00 e. The number of carboxylic acids is 1. The second-order valence-electron chi connectivity index (χ2n) is 34.3. The number of amides is 5. The number of benzene rings is 2. The average molecular weight is 1850 g/mol. The van der Waals surface area contributed by atoms with Gasteiger partial charge in [0.1, 0.15) is 54.3 Å². The number of quaternary nitrogens is 1. The molecular formula is C85H115CaClF4N14O19S2. The molecule has 0 radical (unpaired) electrons. The first-order valence-electron chi connectivity index (χ1n) is 41.7. The van der Waals surface area contributed by atoms with Crippen molar-refractivity contribution < 1.29 is 127 Å². The van der Waals surface area contributed by atoms with Crippen molar-refractivity contribution in [1.29, 1.82) is 0 Å². The number of sulfonamides is 2. The number of aromatic carboxylic acids is 1. The van der Waals surface area contributed by atoms with Crippen LogP contribution in [0.1, 0.15) is 212 Å². The van der Waals surface area contributed by atoms with Crippen molar-refractivity contribution in [3.05, 3.63) is 95.6 Å². The molecule has 14 rings (SSSR count). The van der Waals surface area contributed by atoms with Gasteiger partial charge in [-0.25, -0.2) is 49.2 Å². The summed E-state index contributed by atoms with van der Waals surface area (Å²) >= 11 is 0.